The second-order valence-corrected chi connectivity index (χ2v) is 5.29. The van der Waals surface area contributed by atoms with E-state index in [1.165, 1.54) is 16.7 Å². The third-order valence-electron chi connectivity index (χ3n) is 2.91. The molecule has 1 rings (SSSR count). The summed E-state index contributed by atoms with van der Waals surface area (Å²) in [7, 11) is 0. The van der Waals surface area contributed by atoms with Gasteiger partial charge in [0, 0.05) is 5.38 Å². The highest BCUT2D eigenvalue weighted by atomic mass is 35.5. The Morgan fingerprint density at radius 3 is 2.40 bits per heavy atom. The monoisotopic (exact) mass is 224 g/mol. The molecule has 0 aliphatic carbocycles. The van der Waals surface area contributed by atoms with Gasteiger partial charge in [-0.2, -0.15) is 0 Å². The fraction of sp³-hybridized carbons (Fsp3) is 0.571. The third kappa shape index (κ3) is 3.87. The van der Waals surface area contributed by atoms with Gasteiger partial charge in [-0.1, -0.05) is 37.6 Å². The quantitative estimate of drug-likeness (QED) is 0.661. The zero-order valence-electron chi connectivity index (χ0n) is 10.2. The number of alkyl halides is 1. The standard InChI is InChI=1S/C14H21Cl/c1-10(2)14(15)8-7-13-6-5-11(3)9-12(13)4/h5-6,9-10,14H,7-8H2,1-4H3. The molecule has 1 unspecified atom stereocenters. The molecule has 0 spiro atoms. The number of halogens is 1. The molecule has 0 saturated heterocycles. The second kappa shape index (κ2) is 5.55. The first kappa shape index (κ1) is 12.6. The number of benzene rings is 1. The third-order valence-corrected chi connectivity index (χ3v) is 3.63. The van der Waals surface area contributed by atoms with Gasteiger partial charge in [-0.05, 0) is 43.7 Å². The molecule has 1 aromatic rings. The van der Waals surface area contributed by atoms with Gasteiger partial charge in [0.25, 0.3) is 0 Å². The first-order chi connectivity index (χ1) is 7.00. The molecule has 0 aromatic heterocycles. The molecule has 1 heteroatoms. The van der Waals surface area contributed by atoms with Crippen LogP contribution >= 0.6 is 11.6 Å². The Morgan fingerprint density at radius 1 is 1.20 bits per heavy atom. The Balaban J connectivity index is 2.58. The molecule has 0 fully saturated rings. The number of rotatable bonds is 4. The Bertz CT molecular complexity index is 315. The van der Waals surface area contributed by atoms with Crippen molar-refractivity contribution >= 4 is 11.6 Å². The largest absolute Gasteiger partial charge is 0.123 e. The van der Waals surface area contributed by atoms with Crippen LogP contribution in [0.2, 0.25) is 0 Å². The zero-order valence-corrected chi connectivity index (χ0v) is 10.9. The first-order valence-corrected chi connectivity index (χ1v) is 6.14. The van der Waals surface area contributed by atoms with Crippen molar-refractivity contribution in [1.82, 2.24) is 0 Å². The summed E-state index contributed by atoms with van der Waals surface area (Å²) in [5, 5.41) is 0.297. The van der Waals surface area contributed by atoms with Crippen molar-refractivity contribution in [3.8, 4) is 0 Å². The second-order valence-electron chi connectivity index (χ2n) is 4.73. The Hall–Kier alpha value is -0.490. The summed E-state index contributed by atoms with van der Waals surface area (Å²) in [5.74, 6) is 0.567. The van der Waals surface area contributed by atoms with Gasteiger partial charge in [-0.25, -0.2) is 0 Å². The Morgan fingerprint density at radius 2 is 1.87 bits per heavy atom. The number of hydrogen-bond donors (Lipinski definition) is 0. The maximum absolute atomic E-state index is 6.25. The van der Waals surface area contributed by atoms with Crippen LogP contribution in [0.1, 0.15) is 37.0 Å². The van der Waals surface area contributed by atoms with E-state index in [2.05, 4.69) is 45.9 Å². The van der Waals surface area contributed by atoms with Gasteiger partial charge >= 0.3 is 0 Å². The minimum Gasteiger partial charge on any atom is -0.123 e. The van der Waals surface area contributed by atoms with Gasteiger partial charge in [-0.15, -0.1) is 11.6 Å². The van der Waals surface area contributed by atoms with Crippen LogP contribution in [0.25, 0.3) is 0 Å². The van der Waals surface area contributed by atoms with Gasteiger partial charge in [-0.3, -0.25) is 0 Å². The predicted molar refractivity (Wildman–Crippen MR) is 68.7 cm³/mol. The average molecular weight is 225 g/mol. The van der Waals surface area contributed by atoms with E-state index < -0.39 is 0 Å². The van der Waals surface area contributed by atoms with E-state index in [0.717, 1.165) is 12.8 Å². The van der Waals surface area contributed by atoms with E-state index in [1.54, 1.807) is 0 Å². The summed E-state index contributed by atoms with van der Waals surface area (Å²) in [4.78, 5) is 0. The van der Waals surface area contributed by atoms with Crippen molar-refractivity contribution in [1.29, 1.82) is 0 Å². The molecular weight excluding hydrogens is 204 g/mol. The van der Waals surface area contributed by atoms with Gasteiger partial charge in [0.15, 0.2) is 0 Å². The van der Waals surface area contributed by atoms with Gasteiger partial charge in [0.05, 0.1) is 0 Å². The van der Waals surface area contributed by atoms with Crippen LogP contribution in [0.15, 0.2) is 18.2 Å². The van der Waals surface area contributed by atoms with Crippen LogP contribution < -0.4 is 0 Å². The average Bonchev–Trinajstić information content (AvgIpc) is 2.15. The molecule has 0 bridgehead atoms. The summed E-state index contributed by atoms with van der Waals surface area (Å²) in [5.41, 5.74) is 4.16. The molecule has 0 N–H and O–H groups in total. The molecule has 15 heavy (non-hydrogen) atoms. The summed E-state index contributed by atoms with van der Waals surface area (Å²) in [6, 6.07) is 6.66. The van der Waals surface area contributed by atoms with E-state index in [9.17, 15) is 0 Å². The summed E-state index contributed by atoms with van der Waals surface area (Å²) >= 11 is 6.25. The molecule has 0 radical (unpaired) electrons. The Kier molecular flexibility index (Phi) is 4.66. The van der Waals surface area contributed by atoms with Crippen molar-refractivity contribution in [2.24, 2.45) is 5.92 Å². The molecule has 0 nitrogen and oxygen atoms in total. The van der Waals surface area contributed by atoms with Crippen LogP contribution in [-0.2, 0) is 6.42 Å². The summed E-state index contributed by atoms with van der Waals surface area (Å²) < 4.78 is 0. The van der Waals surface area contributed by atoms with E-state index >= 15 is 0 Å². The van der Waals surface area contributed by atoms with E-state index in [0.29, 0.717) is 11.3 Å². The van der Waals surface area contributed by atoms with Crippen molar-refractivity contribution in [2.45, 2.75) is 45.9 Å². The maximum Gasteiger partial charge on any atom is 0.0362 e. The van der Waals surface area contributed by atoms with Crippen LogP contribution in [0.4, 0.5) is 0 Å². The molecule has 0 amide bonds. The Labute approximate surface area is 98.7 Å². The summed E-state index contributed by atoms with van der Waals surface area (Å²) in [6.45, 7) is 8.68. The van der Waals surface area contributed by atoms with Crippen molar-refractivity contribution in [3.63, 3.8) is 0 Å². The van der Waals surface area contributed by atoms with Crippen LogP contribution in [-0.4, -0.2) is 5.38 Å². The highest BCUT2D eigenvalue weighted by molar-refractivity contribution is 6.20. The minimum atomic E-state index is 0.297. The SMILES string of the molecule is Cc1ccc(CCC(Cl)C(C)C)c(C)c1. The van der Waals surface area contributed by atoms with Crippen molar-refractivity contribution in [3.05, 3.63) is 34.9 Å². The smallest absolute Gasteiger partial charge is 0.0362 e. The molecule has 84 valence electrons. The normalized spacial score (nSPS) is 13.2. The van der Waals surface area contributed by atoms with Gasteiger partial charge < -0.3 is 0 Å². The minimum absolute atomic E-state index is 0.297. The molecule has 0 aliphatic heterocycles. The molecule has 0 saturated carbocycles. The molecule has 1 atom stereocenters. The lowest BCUT2D eigenvalue weighted by atomic mass is 9.98. The predicted octanol–water partition coefficient (Wildman–Crippen LogP) is 4.50. The van der Waals surface area contributed by atoms with E-state index in [-0.39, 0.29) is 0 Å². The van der Waals surface area contributed by atoms with Gasteiger partial charge in [0.1, 0.15) is 0 Å². The van der Waals surface area contributed by atoms with Crippen LogP contribution in [0, 0.1) is 19.8 Å². The van der Waals surface area contributed by atoms with Gasteiger partial charge in [0.2, 0.25) is 0 Å². The van der Waals surface area contributed by atoms with Crippen LogP contribution in [0.5, 0.6) is 0 Å². The summed E-state index contributed by atoms with van der Waals surface area (Å²) in [6.07, 6.45) is 2.17. The van der Waals surface area contributed by atoms with Crippen molar-refractivity contribution < 1.29 is 0 Å². The fourth-order valence-corrected chi connectivity index (χ4v) is 1.86. The van der Waals surface area contributed by atoms with Crippen LogP contribution in [0.3, 0.4) is 0 Å². The highest BCUT2D eigenvalue weighted by Crippen LogP contribution is 2.19. The topological polar surface area (TPSA) is 0 Å². The highest BCUT2D eigenvalue weighted by Gasteiger charge is 2.10. The lowest BCUT2D eigenvalue weighted by Crippen LogP contribution is -2.09. The first-order valence-electron chi connectivity index (χ1n) is 5.71. The maximum atomic E-state index is 6.25. The van der Waals surface area contributed by atoms with Crippen molar-refractivity contribution in [2.75, 3.05) is 0 Å². The number of aryl methyl sites for hydroxylation is 3. The molecule has 1 aromatic carbocycles. The molecular formula is C14H21Cl. The van der Waals surface area contributed by atoms with E-state index in [4.69, 9.17) is 11.6 Å². The lowest BCUT2D eigenvalue weighted by molar-refractivity contribution is 0.565. The molecule has 0 heterocycles. The molecule has 0 aliphatic rings. The lowest BCUT2D eigenvalue weighted by Gasteiger charge is -2.14. The van der Waals surface area contributed by atoms with E-state index in [1.807, 2.05) is 0 Å². The number of hydrogen-bond acceptors (Lipinski definition) is 0. The fourth-order valence-electron chi connectivity index (χ4n) is 1.75. The zero-order chi connectivity index (χ0) is 11.4.